The van der Waals surface area contributed by atoms with Gasteiger partial charge in [-0.3, -0.25) is 0 Å². The number of hydrogen-bond acceptors (Lipinski definition) is 0. The summed E-state index contributed by atoms with van der Waals surface area (Å²) in [6, 6.07) is 0. The van der Waals surface area contributed by atoms with Gasteiger partial charge in [-0.25, -0.2) is 13.2 Å². The Bertz CT molecular complexity index is 170. The molecule has 0 saturated carbocycles. The molecule has 0 aromatic carbocycles. The fourth-order valence-corrected chi connectivity index (χ4v) is 0.463. The van der Waals surface area contributed by atoms with Gasteiger partial charge >= 0.3 is 5.92 Å². The fourth-order valence-electron chi connectivity index (χ4n) is 0.463. The first-order valence-corrected chi connectivity index (χ1v) is 2.05. The first-order valence-electron chi connectivity index (χ1n) is 2.05. The molecule has 0 heterocycles. The number of hydrogen-bond donors (Lipinski definition) is 0. The third-order valence-corrected chi connectivity index (χ3v) is 1.04. The summed E-state index contributed by atoms with van der Waals surface area (Å²) in [5.41, 5.74) is 0. The number of rotatable bonds is 0. The first kappa shape index (κ1) is 6.51. The zero-order valence-electron chi connectivity index (χ0n) is 3.97. The van der Waals surface area contributed by atoms with E-state index in [0.717, 1.165) is 0 Å². The lowest BCUT2D eigenvalue weighted by Gasteiger charge is -2.26. The summed E-state index contributed by atoms with van der Waals surface area (Å²) in [4.78, 5) is 0. The highest BCUT2D eigenvalue weighted by molar-refractivity contribution is 5.30. The van der Waals surface area contributed by atoms with E-state index < -0.39 is 23.7 Å². The van der Waals surface area contributed by atoms with Crippen molar-refractivity contribution >= 4 is 0 Å². The summed E-state index contributed by atoms with van der Waals surface area (Å²) in [5.74, 6) is -8.49. The van der Waals surface area contributed by atoms with Gasteiger partial charge in [-0.2, -0.15) is 8.78 Å². The Hall–Kier alpha value is -0.610. The highest BCUT2D eigenvalue weighted by Crippen LogP contribution is 2.46. The van der Waals surface area contributed by atoms with Crippen LogP contribution < -0.4 is 0 Å². The van der Waals surface area contributed by atoms with Gasteiger partial charge in [0.2, 0.25) is 12.0 Å². The summed E-state index contributed by atoms with van der Waals surface area (Å²) >= 11 is 0. The van der Waals surface area contributed by atoms with Crippen molar-refractivity contribution in [3.05, 3.63) is 11.7 Å². The van der Waals surface area contributed by atoms with E-state index in [0.29, 0.717) is 0 Å². The predicted octanol–water partition coefficient (Wildman–Crippen LogP) is 2.12. The SMILES string of the molecule is FC1=C(F)C(F)(F)C1F. The molecular weight excluding hydrogens is 143 g/mol. The number of halogens is 5. The molecule has 9 heavy (non-hydrogen) atoms. The fraction of sp³-hybridized carbons (Fsp3) is 0.500. The van der Waals surface area contributed by atoms with Crippen LogP contribution in [0.5, 0.6) is 0 Å². The van der Waals surface area contributed by atoms with E-state index in [4.69, 9.17) is 0 Å². The Balaban J connectivity index is 2.92. The minimum Gasteiger partial charge on any atom is -0.232 e. The molecule has 0 radical (unpaired) electrons. The maximum Gasteiger partial charge on any atom is 0.338 e. The van der Waals surface area contributed by atoms with Crippen molar-refractivity contribution in [1.29, 1.82) is 0 Å². The summed E-state index contributed by atoms with van der Waals surface area (Å²) in [6.45, 7) is 0. The monoisotopic (exact) mass is 144 g/mol. The van der Waals surface area contributed by atoms with Crippen LogP contribution in [0.1, 0.15) is 0 Å². The molecule has 0 aliphatic heterocycles. The highest BCUT2D eigenvalue weighted by Gasteiger charge is 2.60. The van der Waals surface area contributed by atoms with Crippen molar-refractivity contribution < 1.29 is 22.0 Å². The Morgan fingerprint density at radius 1 is 1.22 bits per heavy atom. The molecule has 1 aliphatic rings. The topological polar surface area (TPSA) is 0 Å². The summed E-state index contributed by atoms with van der Waals surface area (Å²) in [5, 5.41) is 0. The molecule has 1 rings (SSSR count). The zero-order valence-corrected chi connectivity index (χ0v) is 3.97. The standard InChI is InChI=1S/C4HF5/c5-1-2(6)4(8,9)3(1)7/h2H. The Morgan fingerprint density at radius 3 is 1.78 bits per heavy atom. The molecule has 1 unspecified atom stereocenters. The summed E-state index contributed by atoms with van der Waals surface area (Å²) in [7, 11) is 0. The van der Waals surface area contributed by atoms with Gasteiger partial charge in [0.15, 0.2) is 5.83 Å². The van der Waals surface area contributed by atoms with Crippen molar-refractivity contribution in [2.45, 2.75) is 12.1 Å². The number of allylic oxidation sites excluding steroid dienone is 2. The minimum atomic E-state index is -4.22. The average Bonchev–Trinajstić information content (AvgIpc) is 1.84. The van der Waals surface area contributed by atoms with Gasteiger partial charge in [0.05, 0.1) is 0 Å². The van der Waals surface area contributed by atoms with Gasteiger partial charge in [0.1, 0.15) is 0 Å². The van der Waals surface area contributed by atoms with Crippen LogP contribution in [0.25, 0.3) is 0 Å². The van der Waals surface area contributed by atoms with Gasteiger partial charge in [-0.1, -0.05) is 0 Å². The lowest BCUT2D eigenvalue weighted by Crippen LogP contribution is -2.41. The third-order valence-electron chi connectivity index (χ3n) is 1.04. The van der Waals surface area contributed by atoms with Crippen LogP contribution >= 0.6 is 0 Å². The number of alkyl halides is 3. The van der Waals surface area contributed by atoms with Crippen LogP contribution in [0.2, 0.25) is 0 Å². The van der Waals surface area contributed by atoms with Crippen molar-refractivity contribution in [2.75, 3.05) is 0 Å². The predicted molar refractivity (Wildman–Crippen MR) is 19.1 cm³/mol. The summed E-state index contributed by atoms with van der Waals surface area (Å²) in [6.07, 6.45) is -3.07. The Morgan fingerprint density at radius 2 is 1.67 bits per heavy atom. The maximum atomic E-state index is 11.5. The van der Waals surface area contributed by atoms with Crippen LogP contribution in [-0.2, 0) is 0 Å². The molecule has 0 spiro atoms. The molecule has 1 atom stereocenters. The third kappa shape index (κ3) is 0.571. The van der Waals surface area contributed by atoms with Crippen molar-refractivity contribution in [1.82, 2.24) is 0 Å². The molecule has 0 amide bonds. The minimum absolute atomic E-state index is 1.99. The maximum absolute atomic E-state index is 11.5. The molecule has 0 saturated heterocycles. The molecule has 5 heteroatoms. The lowest BCUT2D eigenvalue weighted by atomic mass is 10.0. The highest BCUT2D eigenvalue weighted by atomic mass is 19.3. The van der Waals surface area contributed by atoms with Gasteiger partial charge in [-0.05, 0) is 0 Å². The van der Waals surface area contributed by atoms with Crippen molar-refractivity contribution in [3.8, 4) is 0 Å². The van der Waals surface area contributed by atoms with Crippen molar-refractivity contribution in [3.63, 3.8) is 0 Å². The van der Waals surface area contributed by atoms with Crippen LogP contribution in [0.15, 0.2) is 11.7 Å². The first-order chi connectivity index (χ1) is 3.98. The Labute approximate surface area is 47.0 Å². The molecule has 0 nitrogen and oxygen atoms in total. The van der Waals surface area contributed by atoms with Gasteiger partial charge < -0.3 is 0 Å². The van der Waals surface area contributed by atoms with E-state index in [1.54, 1.807) is 0 Å². The molecule has 1 aliphatic carbocycles. The average molecular weight is 144 g/mol. The quantitative estimate of drug-likeness (QED) is 0.457. The zero-order chi connectivity index (χ0) is 7.23. The van der Waals surface area contributed by atoms with E-state index in [1.165, 1.54) is 0 Å². The largest absolute Gasteiger partial charge is 0.338 e. The van der Waals surface area contributed by atoms with E-state index >= 15 is 0 Å². The van der Waals surface area contributed by atoms with E-state index in [9.17, 15) is 22.0 Å². The van der Waals surface area contributed by atoms with Crippen LogP contribution in [0.3, 0.4) is 0 Å². The second kappa shape index (κ2) is 1.46. The molecule has 52 valence electrons. The Kier molecular flexibility index (Phi) is 1.05. The normalized spacial score (nSPS) is 32.3. The lowest BCUT2D eigenvalue weighted by molar-refractivity contribution is -0.0860. The molecule has 0 fully saturated rings. The van der Waals surface area contributed by atoms with Crippen LogP contribution in [0, 0.1) is 0 Å². The molecular formula is C4HF5. The summed E-state index contributed by atoms with van der Waals surface area (Å²) < 4.78 is 57.5. The van der Waals surface area contributed by atoms with E-state index in [1.807, 2.05) is 0 Å². The van der Waals surface area contributed by atoms with E-state index in [-0.39, 0.29) is 0 Å². The van der Waals surface area contributed by atoms with Crippen LogP contribution in [-0.4, -0.2) is 12.1 Å². The van der Waals surface area contributed by atoms with Gasteiger partial charge in [-0.15, -0.1) is 0 Å². The second-order valence-electron chi connectivity index (χ2n) is 1.65. The van der Waals surface area contributed by atoms with E-state index in [2.05, 4.69) is 0 Å². The molecule has 0 N–H and O–H groups in total. The van der Waals surface area contributed by atoms with Gasteiger partial charge in [0, 0.05) is 0 Å². The molecule has 0 aromatic rings. The van der Waals surface area contributed by atoms with Crippen molar-refractivity contribution in [2.24, 2.45) is 0 Å². The molecule has 0 aromatic heterocycles. The smallest absolute Gasteiger partial charge is 0.232 e. The van der Waals surface area contributed by atoms with Gasteiger partial charge in [0.25, 0.3) is 0 Å². The van der Waals surface area contributed by atoms with Crippen LogP contribution in [0.4, 0.5) is 22.0 Å². The molecule has 0 bridgehead atoms. The second-order valence-corrected chi connectivity index (χ2v) is 1.65.